The minimum atomic E-state index is -1.09. The average molecular weight is 372 g/mol. The zero-order valence-corrected chi connectivity index (χ0v) is 14.4. The van der Waals surface area contributed by atoms with Crippen molar-refractivity contribution in [2.24, 2.45) is 5.73 Å². The second-order valence-corrected chi connectivity index (χ2v) is 6.07. The third-order valence-electron chi connectivity index (χ3n) is 4.00. The monoisotopic (exact) mass is 372 g/mol. The van der Waals surface area contributed by atoms with Crippen molar-refractivity contribution in [3.05, 3.63) is 0 Å². The summed E-state index contributed by atoms with van der Waals surface area (Å²) >= 11 is 0. The van der Waals surface area contributed by atoms with Crippen LogP contribution >= 0.6 is 0 Å². The minimum absolute atomic E-state index is 0.0663. The van der Waals surface area contributed by atoms with Crippen LogP contribution in [0.15, 0.2) is 0 Å². The van der Waals surface area contributed by atoms with E-state index < -0.39 is 54.3 Å². The number of carbonyl (C=O) groups is 5. The van der Waals surface area contributed by atoms with Gasteiger partial charge in [-0.2, -0.15) is 0 Å². The van der Waals surface area contributed by atoms with Gasteiger partial charge in [-0.25, -0.2) is 4.79 Å². The maximum atomic E-state index is 12.3. The molecule has 1 heterocycles. The molecule has 3 atom stereocenters. The van der Waals surface area contributed by atoms with Gasteiger partial charge >= 0.3 is 11.9 Å². The summed E-state index contributed by atoms with van der Waals surface area (Å²) in [5.41, 5.74) is 5.50. The lowest BCUT2D eigenvalue weighted by Crippen LogP contribution is -2.52. The highest BCUT2D eigenvalue weighted by Crippen LogP contribution is 2.18. The van der Waals surface area contributed by atoms with Crippen LogP contribution in [0.25, 0.3) is 0 Å². The largest absolute Gasteiger partial charge is 0.481 e. The molecule has 11 heteroatoms. The number of hydrogen-bond acceptors (Lipinski definition) is 6. The Kier molecular flexibility index (Phi) is 7.97. The highest BCUT2D eigenvalue weighted by atomic mass is 16.4. The van der Waals surface area contributed by atoms with Crippen LogP contribution < -0.4 is 16.4 Å². The summed E-state index contributed by atoms with van der Waals surface area (Å²) in [6, 6.07) is -2.90. The lowest BCUT2D eigenvalue weighted by molar-refractivity contribution is -0.149. The van der Waals surface area contributed by atoms with Crippen molar-refractivity contribution < 1.29 is 34.2 Å². The van der Waals surface area contributed by atoms with Gasteiger partial charge in [-0.05, 0) is 26.2 Å². The zero-order chi connectivity index (χ0) is 19.9. The van der Waals surface area contributed by atoms with E-state index in [2.05, 4.69) is 10.6 Å². The molecule has 1 fully saturated rings. The van der Waals surface area contributed by atoms with E-state index >= 15 is 0 Å². The van der Waals surface area contributed by atoms with Gasteiger partial charge in [-0.3, -0.25) is 19.2 Å². The first-order valence-electron chi connectivity index (χ1n) is 8.21. The third kappa shape index (κ3) is 6.31. The number of carboxylic acid groups (broad SMARTS) is 2. The number of nitrogens with one attached hydrogen (secondary N) is 2. The van der Waals surface area contributed by atoms with E-state index in [4.69, 9.17) is 15.9 Å². The van der Waals surface area contributed by atoms with Crippen LogP contribution in [0.4, 0.5) is 0 Å². The van der Waals surface area contributed by atoms with Crippen molar-refractivity contribution in [2.45, 2.75) is 50.7 Å². The Hall–Kier alpha value is -2.69. The van der Waals surface area contributed by atoms with Gasteiger partial charge in [-0.1, -0.05) is 0 Å². The highest BCUT2D eigenvalue weighted by molar-refractivity contribution is 5.92. The fourth-order valence-corrected chi connectivity index (χ4v) is 2.60. The number of nitrogens with two attached hydrogens (primary N) is 1. The molecule has 0 spiro atoms. The Balaban J connectivity index is 2.42. The molecule has 1 rings (SSSR count). The average Bonchev–Trinajstić information content (AvgIpc) is 3.06. The zero-order valence-electron chi connectivity index (χ0n) is 14.4. The Morgan fingerprint density at radius 3 is 2.46 bits per heavy atom. The molecule has 1 saturated heterocycles. The summed E-state index contributed by atoms with van der Waals surface area (Å²) < 4.78 is 0. The number of aliphatic carboxylic acids is 2. The molecule has 3 unspecified atom stereocenters. The SMILES string of the molecule is CC(NC(=O)CNC(=O)C(N)CCC(=O)O)C(=O)N1CCCC1C(=O)O. The van der Waals surface area contributed by atoms with Crippen LogP contribution in [0.2, 0.25) is 0 Å². The maximum absolute atomic E-state index is 12.3. The molecule has 0 bridgehead atoms. The number of likely N-dealkylation sites (tertiary alicyclic amines) is 1. The molecule has 1 aliphatic heterocycles. The van der Waals surface area contributed by atoms with Gasteiger partial charge in [-0.15, -0.1) is 0 Å². The van der Waals surface area contributed by atoms with Gasteiger partial charge in [0, 0.05) is 13.0 Å². The van der Waals surface area contributed by atoms with Crippen LogP contribution in [0.3, 0.4) is 0 Å². The summed E-state index contributed by atoms with van der Waals surface area (Å²) in [5.74, 6) is -3.99. The number of hydrogen-bond donors (Lipinski definition) is 5. The van der Waals surface area contributed by atoms with Crippen molar-refractivity contribution in [1.29, 1.82) is 0 Å². The number of rotatable bonds is 9. The van der Waals surface area contributed by atoms with Crippen LogP contribution in [0.5, 0.6) is 0 Å². The van der Waals surface area contributed by atoms with Crippen molar-refractivity contribution in [1.82, 2.24) is 15.5 Å². The maximum Gasteiger partial charge on any atom is 0.326 e. The van der Waals surface area contributed by atoms with Gasteiger partial charge in [0.15, 0.2) is 0 Å². The molecule has 146 valence electrons. The van der Waals surface area contributed by atoms with E-state index in [1.807, 2.05) is 0 Å². The molecular formula is C15H24N4O7. The summed E-state index contributed by atoms with van der Waals surface area (Å²) in [6.07, 6.45) is 0.607. The second kappa shape index (κ2) is 9.70. The molecule has 11 nitrogen and oxygen atoms in total. The first-order valence-corrected chi connectivity index (χ1v) is 8.21. The van der Waals surface area contributed by atoms with E-state index in [-0.39, 0.29) is 12.8 Å². The van der Waals surface area contributed by atoms with Crippen molar-refractivity contribution in [2.75, 3.05) is 13.1 Å². The molecule has 0 aliphatic carbocycles. The molecule has 0 aromatic rings. The van der Waals surface area contributed by atoms with Crippen LogP contribution in [0.1, 0.15) is 32.6 Å². The van der Waals surface area contributed by atoms with Crippen LogP contribution in [-0.2, 0) is 24.0 Å². The number of carboxylic acids is 2. The van der Waals surface area contributed by atoms with Crippen LogP contribution in [0, 0.1) is 0 Å². The van der Waals surface area contributed by atoms with Gasteiger partial charge in [0.1, 0.15) is 12.1 Å². The summed E-state index contributed by atoms with van der Waals surface area (Å²) in [5, 5.41) is 22.3. The lowest BCUT2D eigenvalue weighted by atomic mass is 10.1. The number of carbonyl (C=O) groups excluding carboxylic acids is 3. The smallest absolute Gasteiger partial charge is 0.326 e. The standard InChI is InChI=1S/C15H24N4O7/c1-8(14(24)19-6-2-3-10(19)15(25)26)18-11(20)7-17-13(23)9(16)4-5-12(21)22/h8-10H,2-7,16H2,1H3,(H,17,23)(H,18,20)(H,21,22)(H,25,26). The van der Waals surface area contributed by atoms with E-state index in [1.165, 1.54) is 11.8 Å². The quantitative estimate of drug-likeness (QED) is 0.304. The van der Waals surface area contributed by atoms with E-state index in [1.54, 1.807) is 0 Å². The molecule has 3 amide bonds. The van der Waals surface area contributed by atoms with E-state index in [0.29, 0.717) is 19.4 Å². The molecule has 0 radical (unpaired) electrons. The van der Waals surface area contributed by atoms with E-state index in [9.17, 15) is 24.0 Å². The summed E-state index contributed by atoms with van der Waals surface area (Å²) in [4.78, 5) is 58.5. The first kappa shape index (κ1) is 21.4. The number of amides is 3. The highest BCUT2D eigenvalue weighted by Gasteiger charge is 2.36. The first-order chi connectivity index (χ1) is 12.1. The Morgan fingerprint density at radius 1 is 1.23 bits per heavy atom. The molecule has 0 aromatic heterocycles. The summed E-state index contributed by atoms with van der Waals surface area (Å²) in [7, 11) is 0. The molecular weight excluding hydrogens is 348 g/mol. The Bertz CT molecular complexity index is 580. The fourth-order valence-electron chi connectivity index (χ4n) is 2.60. The molecule has 0 aromatic carbocycles. The molecule has 1 aliphatic rings. The topological polar surface area (TPSA) is 179 Å². The Morgan fingerprint density at radius 2 is 1.88 bits per heavy atom. The fraction of sp³-hybridized carbons (Fsp3) is 0.667. The lowest BCUT2D eigenvalue weighted by Gasteiger charge is -2.25. The molecule has 26 heavy (non-hydrogen) atoms. The predicted octanol–water partition coefficient (Wildman–Crippen LogP) is -2.12. The number of nitrogens with zero attached hydrogens (tertiary/aromatic N) is 1. The van der Waals surface area contributed by atoms with Crippen molar-refractivity contribution in [3.8, 4) is 0 Å². The molecule has 0 saturated carbocycles. The molecule has 6 N–H and O–H groups in total. The Labute approximate surface area is 149 Å². The van der Waals surface area contributed by atoms with Gasteiger partial charge in [0.05, 0.1) is 12.6 Å². The third-order valence-corrected chi connectivity index (χ3v) is 4.00. The predicted molar refractivity (Wildman–Crippen MR) is 87.8 cm³/mol. The minimum Gasteiger partial charge on any atom is -0.481 e. The van der Waals surface area contributed by atoms with Gasteiger partial charge < -0.3 is 31.5 Å². The van der Waals surface area contributed by atoms with Gasteiger partial charge in [0.2, 0.25) is 17.7 Å². The summed E-state index contributed by atoms with van der Waals surface area (Å²) in [6.45, 7) is 1.31. The van der Waals surface area contributed by atoms with Crippen LogP contribution in [-0.4, -0.2) is 76.0 Å². The van der Waals surface area contributed by atoms with Gasteiger partial charge in [0.25, 0.3) is 0 Å². The normalized spacial score (nSPS) is 18.7. The van der Waals surface area contributed by atoms with Crippen molar-refractivity contribution >= 4 is 29.7 Å². The second-order valence-electron chi connectivity index (χ2n) is 6.07. The van der Waals surface area contributed by atoms with E-state index in [0.717, 1.165) is 0 Å². The van der Waals surface area contributed by atoms with Crippen molar-refractivity contribution in [3.63, 3.8) is 0 Å².